The predicted molar refractivity (Wildman–Crippen MR) is 124 cm³/mol. The summed E-state index contributed by atoms with van der Waals surface area (Å²) >= 11 is 0. The molecule has 1 heterocycles. The second kappa shape index (κ2) is 10.4. The minimum absolute atomic E-state index is 0.0633. The number of carbonyl (C=O) groups is 1. The zero-order valence-corrected chi connectivity index (χ0v) is 17.8. The largest absolute Gasteiger partial charge is 0.383 e. The van der Waals surface area contributed by atoms with Gasteiger partial charge in [-0.3, -0.25) is 24.0 Å². The summed E-state index contributed by atoms with van der Waals surface area (Å²) in [5.74, 6) is -0.949. The number of anilines is 2. The average Bonchev–Trinajstić information content (AvgIpc) is 2.78. The molecule has 32 heavy (non-hydrogen) atoms. The van der Waals surface area contributed by atoms with E-state index in [1.807, 2.05) is 37.3 Å². The Bertz CT molecular complexity index is 1210. The molecule has 1 aromatic heterocycles. The molecule has 0 bridgehead atoms. The summed E-state index contributed by atoms with van der Waals surface area (Å²) < 4.78 is 14.4. The first kappa shape index (κ1) is 22.7. The second-order valence-electron chi connectivity index (χ2n) is 7.29. The van der Waals surface area contributed by atoms with E-state index in [2.05, 4.69) is 4.98 Å². The number of nitrogens with two attached hydrogens (primary N) is 1. The van der Waals surface area contributed by atoms with E-state index in [0.717, 1.165) is 12.0 Å². The van der Waals surface area contributed by atoms with Gasteiger partial charge in [-0.2, -0.15) is 0 Å². The van der Waals surface area contributed by atoms with Crippen molar-refractivity contribution in [2.75, 3.05) is 10.6 Å². The SMILES string of the molecule is CCCCn1c(N)c(N(Cc2ccccc2)C(=O)C=Cc2ccc(F)cc2)c(=O)[nH]c1=O. The molecule has 8 heteroatoms. The van der Waals surface area contributed by atoms with Crippen LogP contribution in [0.1, 0.15) is 30.9 Å². The Morgan fingerprint density at radius 1 is 1.12 bits per heavy atom. The Balaban J connectivity index is 2.05. The Hall–Kier alpha value is -3.94. The van der Waals surface area contributed by atoms with Gasteiger partial charge >= 0.3 is 5.69 Å². The van der Waals surface area contributed by atoms with Crippen LogP contribution < -0.4 is 21.9 Å². The minimum Gasteiger partial charge on any atom is -0.383 e. The molecule has 0 saturated heterocycles. The lowest BCUT2D eigenvalue weighted by Crippen LogP contribution is -2.40. The Labute approximate surface area is 184 Å². The van der Waals surface area contributed by atoms with Crippen LogP contribution in [0.2, 0.25) is 0 Å². The van der Waals surface area contributed by atoms with Gasteiger partial charge in [-0.25, -0.2) is 9.18 Å². The molecule has 1 amide bonds. The normalized spacial score (nSPS) is 11.1. The lowest BCUT2D eigenvalue weighted by Gasteiger charge is -2.23. The van der Waals surface area contributed by atoms with Crippen LogP contribution in [0.5, 0.6) is 0 Å². The number of nitrogens with one attached hydrogen (secondary N) is 1. The van der Waals surface area contributed by atoms with E-state index in [4.69, 9.17) is 5.73 Å². The van der Waals surface area contributed by atoms with Crippen LogP contribution in [-0.2, 0) is 17.9 Å². The molecule has 0 radical (unpaired) electrons. The average molecular weight is 436 g/mol. The highest BCUT2D eigenvalue weighted by Gasteiger charge is 2.23. The van der Waals surface area contributed by atoms with Crippen LogP contribution in [-0.4, -0.2) is 15.5 Å². The first-order chi connectivity index (χ1) is 15.4. The number of nitrogens with zero attached hydrogens (tertiary/aromatic N) is 2. The van der Waals surface area contributed by atoms with Crippen molar-refractivity contribution < 1.29 is 9.18 Å². The molecule has 0 fully saturated rings. The lowest BCUT2D eigenvalue weighted by molar-refractivity contribution is -0.114. The quantitative estimate of drug-likeness (QED) is 0.529. The minimum atomic E-state index is -0.736. The number of aromatic amines is 1. The first-order valence-electron chi connectivity index (χ1n) is 10.3. The van der Waals surface area contributed by atoms with Crippen molar-refractivity contribution in [2.24, 2.45) is 0 Å². The zero-order chi connectivity index (χ0) is 23.1. The Morgan fingerprint density at radius 2 is 1.81 bits per heavy atom. The van der Waals surface area contributed by atoms with Gasteiger partial charge in [0.2, 0.25) is 0 Å². The van der Waals surface area contributed by atoms with Crippen molar-refractivity contribution in [2.45, 2.75) is 32.9 Å². The summed E-state index contributed by atoms with van der Waals surface area (Å²) in [6, 6.07) is 14.8. The van der Waals surface area contributed by atoms with Gasteiger partial charge in [0.15, 0.2) is 5.69 Å². The van der Waals surface area contributed by atoms with Gasteiger partial charge in [0.05, 0.1) is 6.54 Å². The summed E-state index contributed by atoms with van der Waals surface area (Å²) in [4.78, 5) is 41.7. The van der Waals surface area contributed by atoms with Crippen LogP contribution >= 0.6 is 0 Å². The molecule has 3 rings (SSSR count). The molecular weight excluding hydrogens is 411 g/mol. The van der Waals surface area contributed by atoms with Crippen molar-refractivity contribution in [1.29, 1.82) is 0 Å². The molecule has 0 spiro atoms. The van der Waals surface area contributed by atoms with E-state index in [1.165, 1.54) is 45.9 Å². The number of hydrogen-bond acceptors (Lipinski definition) is 4. The van der Waals surface area contributed by atoms with Gasteiger partial charge < -0.3 is 5.73 Å². The van der Waals surface area contributed by atoms with E-state index >= 15 is 0 Å². The summed E-state index contributed by atoms with van der Waals surface area (Å²) in [5.41, 5.74) is 6.19. The third-order valence-electron chi connectivity index (χ3n) is 4.96. The molecule has 0 saturated carbocycles. The van der Waals surface area contributed by atoms with E-state index in [9.17, 15) is 18.8 Å². The fourth-order valence-corrected chi connectivity index (χ4v) is 3.24. The molecule has 3 aromatic rings. The van der Waals surface area contributed by atoms with E-state index in [0.29, 0.717) is 18.5 Å². The number of unbranched alkanes of at least 4 members (excludes halogenated alkanes) is 1. The van der Waals surface area contributed by atoms with E-state index < -0.39 is 17.2 Å². The molecule has 0 aliphatic heterocycles. The predicted octanol–water partition coefficient (Wildman–Crippen LogP) is 3.30. The molecule has 166 valence electrons. The zero-order valence-electron chi connectivity index (χ0n) is 17.8. The molecule has 0 aliphatic rings. The van der Waals surface area contributed by atoms with E-state index in [1.54, 1.807) is 0 Å². The van der Waals surface area contributed by atoms with Crippen molar-refractivity contribution in [3.8, 4) is 0 Å². The van der Waals surface area contributed by atoms with Crippen molar-refractivity contribution in [1.82, 2.24) is 9.55 Å². The number of nitrogen functional groups attached to an aromatic ring is 1. The van der Waals surface area contributed by atoms with Crippen LogP contribution in [0.25, 0.3) is 6.08 Å². The number of aromatic nitrogens is 2. The highest BCUT2D eigenvalue weighted by atomic mass is 19.1. The first-order valence-corrected chi connectivity index (χ1v) is 10.3. The number of H-pyrrole nitrogens is 1. The molecular formula is C24H25FN4O3. The summed E-state index contributed by atoms with van der Waals surface area (Å²) in [7, 11) is 0. The van der Waals surface area contributed by atoms with Gasteiger partial charge in [-0.1, -0.05) is 55.8 Å². The van der Waals surface area contributed by atoms with Crippen LogP contribution in [0, 0.1) is 5.82 Å². The highest BCUT2D eigenvalue weighted by Crippen LogP contribution is 2.21. The maximum atomic E-state index is 13.2. The third-order valence-corrected chi connectivity index (χ3v) is 4.96. The summed E-state index contributed by atoms with van der Waals surface area (Å²) in [5, 5.41) is 0. The maximum Gasteiger partial charge on any atom is 0.330 e. The monoisotopic (exact) mass is 436 g/mol. The number of halogens is 1. The number of amides is 1. The van der Waals surface area contributed by atoms with Crippen LogP contribution in [0.3, 0.4) is 0 Å². The fraction of sp³-hybridized carbons (Fsp3) is 0.208. The fourth-order valence-electron chi connectivity index (χ4n) is 3.24. The molecule has 2 aromatic carbocycles. The highest BCUT2D eigenvalue weighted by molar-refractivity contribution is 6.05. The van der Waals surface area contributed by atoms with Gasteiger partial charge in [0.1, 0.15) is 11.6 Å². The number of benzene rings is 2. The van der Waals surface area contributed by atoms with Crippen molar-refractivity contribution in [3.05, 3.63) is 98.5 Å². The van der Waals surface area contributed by atoms with Gasteiger partial charge in [-0.05, 0) is 35.8 Å². The molecule has 3 N–H and O–H groups in total. The smallest absolute Gasteiger partial charge is 0.330 e. The maximum absolute atomic E-state index is 13.2. The lowest BCUT2D eigenvalue weighted by atomic mass is 10.2. The number of carbonyl (C=O) groups excluding carboxylic acids is 1. The topological polar surface area (TPSA) is 101 Å². The van der Waals surface area contributed by atoms with Crippen molar-refractivity contribution in [3.63, 3.8) is 0 Å². The van der Waals surface area contributed by atoms with E-state index in [-0.39, 0.29) is 23.9 Å². The van der Waals surface area contributed by atoms with Crippen LogP contribution in [0.4, 0.5) is 15.9 Å². The van der Waals surface area contributed by atoms with Gasteiger partial charge in [0.25, 0.3) is 11.5 Å². The molecule has 0 unspecified atom stereocenters. The standard InChI is InChI=1S/C24H25FN4O3/c1-2-3-15-28-22(26)21(23(31)27-24(28)32)29(16-18-7-5-4-6-8-18)20(30)14-11-17-9-12-19(25)13-10-17/h4-14H,2-3,15-16,26H2,1H3,(H,27,31,32). The van der Waals surface area contributed by atoms with Crippen molar-refractivity contribution >= 4 is 23.5 Å². The molecule has 0 atom stereocenters. The Morgan fingerprint density at radius 3 is 2.47 bits per heavy atom. The second-order valence-corrected chi connectivity index (χ2v) is 7.29. The van der Waals surface area contributed by atoms with Gasteiger partial charge in [0, 0.05) is 12.6 Å². The molecule has 0 aliphatic carbocycles. The van der Waals surface area contributed by atoms with Gasteiger partial charge in [-0.15, -0.1) is 0 Å². The summed E-state index contributed by atoms with van der Waals surface area (Å²) in [6.45, 7) is 2.37. The van der Waals surface area contributed by atoms with Crippen LogP contribution in [0.15, 0.2) is 70.3 Å². The summed E-state index contributed by atoms with van der Waals surface area (Å²) in [6.07, 6.45) is 4.33. The third kappa shape index (κ3) is 5.40. The number of rotatable bonds is 8. The molecule has 7 nitrogen and oxygen atoms in total. The Kier molecular flexibility index (Phi) is 7.38. The number of hydrogen-bond donors (Lipinski definition) is 2.